The molecule has 1 aliphatic carbocycles. The highest BCUT2D eigenvalue weighted by Gasteiger charge is 2.16. The number of aromatic nitrogens is 2. The Morgan fingerprint density at radius 1 is 1.29 bits per heavy atom. The van der Waals surface area contributed by atoms with Gasteiger partial charge in [0.2, 0.25) is 5.91 Å². The fourth-order valence-corrected chi connectivity index (χ4v) is 3.60. The van der Waals surface area contributed by atoms with Crippen molar-refractivity contribution in [2.45, 2.75) is 44.7 Å². The van der Waals surface area contributed by atoms with E-state index in [2.05, 4.69) is 15.3 Å². The van der Waals surface area contributed by atoms with Crippen molar-refractivity contribution in [3.05, 3.63) is 50.9 Å². The van der Waals surface area contributed by atoms with Crippen molar-refractivity contribution < 1.29 is 4.79 Å². The Hall–Kier alpha value is -2.08. The van der Waals surface area contributed by atoms with E-state index in [1.807, 2.05) is 32.0 Å². The van der Waals surface area contributed by atoms with E-state index in [4.69, 9.17) is 0 Å². The second kappa shape index (κ2) is 7.21. The van der Waals surface area contributed by atoms with Crippen molar-refractivity contribution in [1.82, 2.24) is 9.97 Å². The normalized spacial score (nSPS) is 13.4. The number of aromatic amines is 1. The summed E-state index contributed by atoms with van der Waals surface area (Å²) in [6, 6.07) is 5.91. The van der Waals surface area contributed by atoms with Gasteiger partial charge in [-0.15, -0.1) is 0 Å². The second-order valence-corrected chi connectivity index (χ2v) is 7.12. The number of hydrogen-bond donors (Lipinski definition) is 2. The van der Waals surface area contributed by atoms with E-state index < -0.39 is 0 Å². The van der Waals surface area contributed by atoms with Gasteiger partial charge in [0.05, 0.1) is 11.4 Å². The molecule has 1 heterocycles. The molecule has 126 valence electrons. The van der Waals surface area contributed by atoms with Gasteiger partial charge in [-0.3, -0.25) is 9.59 Å². The number of thioether (sulfide) groups is 1. The number of carbonyl (C=O) groups is 1. The quantitative estimate of drug-likeness (QED) is 0.661. The van der Waals surface area contributed by atoms with Crippen LogP contribution in [0.2, 0.25) is 0 Å². The molecule has 1 aromatic carbocycles. The molecule has 0 radical (unpaired) electrons. The molecular weight excluding hydrogens is 322 g/mol. The van der Waals surface area contributed by atoms with Crippen molar-refractivity contribution in [2.24, 2.45) is 0 Å². The number of benzene rings is 1. The fraction of sp³-hybridized carbons (Fsp3) is 0.389. The lowest BCUT2D eigenvalue weighted by molar-refractivity contribution is -0.113. The van der Waals surface area contributed by atoms with Gasteiger partial charge in [-0.1, -0.05) is 29.5 Å². The molecule has 0 bridgehead atoms. The Morgan fingerprint density at radius 2 is 2.08 bits per heavy atom. The summed E-state index contributed by atoms with van der Waals surface area (Å²) in [5, 5.41) is 3.43. The lowest BCUT2D eigenvalue weighted by Gasteiger charge is -2.14. The molecule has 0 unspecified atom stereocenters. The Morgan fingerprint density at radius 3 is 2.88 bits per heavy atom. The number of hydrogen-bond acceptors (Lipinski definition) is 4. The van der Waals surface area contributed by atoms with Gasteiger partial charge < -0.3 is 10.3 Å². The van der Waals surface area contributed by atoms with Crippen LogP contribution in [0.3, 0.4) is 0 Å². The summed E-state index contributed by atoms with van der Waals surface area (Å²) in [7, 11) is 0. The third-order valence-corrected chi connectivity index (χ3v) is 5.04. The van der Waals surface area contributed by atoms with Crippen LogP contribution in [0.5, 0.6) is 0 Å². The minimum atomic E-state index is -0.104. The molecular formula is C18H21N3O2S. The maximum atomic E-state index is 12.1. The zero-order valence-electron chi connectivity index (χ0n) is 13.9. The Bertz CT molecular complexity index is 829. The van der Waals surface area contributed by atoms with E-state index in [1.165, 1.54) is 11.8 Å². The van der Waals surface area contributed by atoms with Gasteiger partial charge in [0.1, 0.15) is 0 Å². The van der Waals surface area contributed by atoms with Crippen LogP contribution in [0, 0.1) is 13.8 Å². The lowest BCUT2D eigenvalue weighted by Crippen LogP contribution is -2.22. The Balaban J connectivity index is 1.64. The summed E-state index contributed by atoms with van der Waals surface area (Å²) in [5.74, 6) is 0.113. The number of H-pyrrole nitrogens is 1. The van der Waals surface area contributed by atoms with E-state index in [0.717, 1.165) is 53.8 Å². The standard InChI is InChI=1S/C18H21N3O2S/c1-11-7-8-14(12(2)9-11)19-16(22)10-24-18-20-15-6-4-3-5-13(15)17(23)21-18/h7-9H,3-6,10H2,1-2H3,(H,19,22)(H,20,21,23). The summed E-state index contributed by atoms with van der Waals surface area (Å²) in [5.41, 5.74) is 4.66. The second-order valence-electron chi connectivity index (χ2n) is 6.16. The summed E-state index contributed by atoms with van der Waals surface area (Å²) < 4.78 is 0. The molecule has 5 nitrogen and oxygen atoms in total. The summed E-state index contributed by atoms with van der Waals surface area (Å²) in [6.07, 6.45) is 3.76. The highest BCUT2D eigenvalue weighted by atomic mass is 32.2. The van der Waals surface area contributed by atoms with Crippen molar-refractivity contribution in [1.29, 1.82) is 0 Å². The van der Waals surface area contributed by atoms with Crippen LogP contribution >= 0.6 is 11.8 Å². The molecule has 0 saturated carbocycles. The number of anilines is 1. The van der Waals surface area contributed by atoms with Crippen molar-refractivity contribution in [3.8, 4) is 0 Å². The number of amides is 1. The van der Waals surface area contributed by atoms with E-state index in [0.29, 0.717) is 5.16 Å². The maximum absolute atomic E-state index is 12.1. The smallest absolute Gasteiger partial charge is 0.254 e. The molecule has 24 heavy (non-hydrogen) atoms. The molecule has 0 aliphatic heterocycles. The Kier molecular flexibility index (Phi) is 5.04. The number of carbonyl (C=O) groups excluding carboxylic acids is 1. The van der Waals surface area contributed by atoms with Gasteiger partial charge in [0.15, 0.2) is 5.16 Å². The topological polar surface area (TPSA) is 74.8 Å². The third-order valence-electron chi connectivity index (χ3n) is 4.17. The zero-order chi connectivity index (χ0) is 17.1. The first-order chi connectivity index (χ1) is 11.5. The molecule has 0 fully saturated rings. The van der Waals surface area contributed by atoms with Crippen molar-refractivity contribution in [3.63, 3.8) is 0 Å². The van der Waals surface area contributed by atoms with Crippen LogP contribution in [0.4, 0.5) is 5.69 Å². The number of nitrogens with zero attached hydrogens (tertiary/aromatic N) is 1. The van der Waals surface area contributed by atoms with Crippen LogP contribution in [0.15, 0.2) is 28.2 Å². The van der Waals surface area contributed by atoms with Crippen LogP contribution in [-0.2, 0) is 17.6 Å². The summed E-state index contributed by atoms with van der Waals surface area (Å²) >= 11 is 1.27. The summed E-state index contributed by atoms with van der Waals surface area (Å²) in [4.78, 5) is 31.5. The minimum absolute atomic E-state index is 0.0583. The van der Waals surface area contributed by atoms with Crippen molar-refractivity contribution in [2.75, 3.05) is 11.1 Å². The van der Waals surface area contributed by atoms with E-state index in [1.54, 1.807) is 0 Å². The minimum Gasteiger partial charge on any atom is -0.325 e. The lowest BCUT2D eigenvalue weighted by atomic mass is 9.97. The van der Waals surface area contributed by atoms with Gasteiger partial charge >= 0.3 is 0 Å². The van der Waals surface area contributed by atoms with E-state index >= 15 is 0 Å². The molecule has 2 aromatic rings. The number of fused-ring (bicyclic) bond motifs is 1. The molecule has 0 saturated heterocycles. The molecule has 0 spiro atoms. The van der Waals surface area contributed by atoms with E-state index in [9.17, 15) is 9.59 Å². The monoisotopic (exact) mass is 343 g/mol. The van der Waals surface area contributed by atoms with Gasteiger partial charge in [-0.25, -0.2) is 4.98 Å². The van der Waals surface area contributed by atoms with Gasteiger partial charge in [-0.2, -0.15) is 0 Å². The van der Waals surface area contributed by atoms with Crippen LogP contribution < -0.4 is 10.9 Å². The molecule has 1 aliphatic rings. The van der Waals surface area contributed by atoms with Crippen LogP contribution in [-0.4, -0.2) is 21.6 Å². The SMILES string of the molecule is Cc1ccc(NC(=O)CSc2nc3c(c(=O)[nH]2)CCCC3)c(C)c1. The largest absolute Gasteiger partial charge is 0.325 e. The third kappa shape index (κ3) is 3.87. The predicted octanol–water partition coefficient (Wildman–Crippen LogP) is 3.00. The van der Waals surface area contributed by atoms with Crippen molar-refractivity contribution >= 4 is 23.4 Å². The molecule has 1 aromatic heterocycles. The first kappa shape index (κ1) is 16.8. The number of aryl methyl sites for hydroxylation is 3. The first-order valence-electron chi connectivity index (χ1n) is 8.15. The zero-order valence-corrected chi connectivity index (χ0v) is 14.8. The van der Waals surface area contributed by atoms with Crippen LogP contribution in [0.1, 0.15) is 35.2 Å². The summed E-state index contributed by atoms with van der Waals surface area (Å²) in [6.45, 7) is 3.99. The van der Waals surface area contributed by atoms with E-state index in [-0.39, 0.29) is 17.2 Å². The molecule has 3 rings (SSSR count). The Labute approximate surface area is 145 Å². The van der Waals surface area contributed by atoms with Gasteiger partial charge in [-0.05, 0) is 51.2 Å². The van der Waals surface area contributed by atoms with Crippen LogP contribution in [0.25, 0.3) is 0 Å². The molecule has 1 amide bonds. The number of nitrogens with one attached hydrogen (secondary N) is 2. The molecule has 0 atom stereocenters. The average molecular weight is 343 g/mol. The highest BCUT2D eigenvalue weighted by molar-refractivity contribution is 7.99. The van der Waals surface area contributed by atoms with Gasteiger partial charge in [0.25, 0.3) is 5.56 Å². The molecule has 2 N–H and O–H groups in total. The predicted molar refractivity (Wildman–Crippen MR) is 96.8 cm³/mol. The highest BCUT2D eigenvalue weighted by Crippen LogP contribution is 2.20. The first-order valence-corrected chi connectivity index (χ1v) is 9.13. The molecule has 6 heteroatoms. The fourth-order valence-electron chi connectivity index (χ4n) is 2.92. The maximum Gasteiger partial charge on any atom is 0.254 e. The van der Waals surface area contributed by atoms with Gasteiger partial charge in [0, 0.05) is 11.3 Å². The number of rotatable bonds is 4. The average Bonchev–Trinajstić information content (AvgIpc) is 2.56.